The summed E-state index contributed by atoms with van der Waals surface area (Å²) in [4.78, 5) is 5.20. The average molecular weight is 344 g/mol. The normalized spacial score (nSPS) is 29.4. The maximum atomic E-state index is 9.70. The van der Waals surface area contributed by atoms with Crippen molar-refractivity contribution in [2.75, 3.05) is 19.6 Å². The number of likely N-dealkylation sites (tertiary alicyclic amines) is 2. The monoisotopic (exact) mass is 343 g/mol. The summed E-state index contributed by atoms with van der Waals surface area (Å²) in [5.41, 5.74) is 2.88. The van der Waals surface area contributed by atoms with Crippen LogP contribution < -0.4 is 5.32 Å². The molecule has 2 N–H and O–H groups in total. The van der Waals surface area contributed by atoms with Gasteiger partial charge in [0.2, 0.25) is 0 Å². The van der Waals surface area contributed by atoms with Crippen LogP contribution in [-0.4, -0.2) is 58.8 Å². The van der Waals surface area contributed by atoms with Crippen LogP contribution in [0.4, 0.5) is 0 Å². The van der Waals surface area contributed by atoms with Gasteiger partial charge in [-0.25, -0.2) is 0 Å². The molecule has 0 bridgehead atoms. The van der Waals surface area contributed by atoms with E-state index in [9.17, 15) is 5.11 Å². The number of rotatable bonds is 6. The smallest absolute Gasteiger partial charge is 0.0564 e. The zero-order chi connectivity index (χ0) is 17.2. The number of hydrogen-bond donors (Lipinski definition) is 2. The largest absolute Gasteiger partial charge is 0.393 e. The molecular weight excluding hydrogens is 310 g/mol. The van der Waals surface area contributed by atoms with Crippen LogP contribution in [0.2, 0.25) is 0 Å². The Labute approximate surface area is 152 Å². The van der Waals surface area contributed by atoms with E-state index in [1.807, 2.05) is 0 Å². The maximum absolute atomic E-state index is 9.70. The number of nitrogens with one attached hydrogen (secondary N) is 1. The molecule has 2 heterocycles. The van der Waals surface area contributed by atoms with Gasteiger partial charge in [0.15, 0.2) is 0 Å². The Morgan fingerprint density at radius 2 is 1.80 bits per heavy atom. The van der Waals surface area contributed by atoms with Gasteiger partial charge in [-0.15, -0.1) is 0 Å². The van der Waals surface area contributed by atoms with E-state index in [2.05, 4.69) is 46.3 Å². The van der Waals surface area contributed by atoms with Gasteiger partial charge in [0, 0.05) is 50.8 Å². The first-order chi connectivity index (χ1) is 12.2. The third-order valence-corrected chi connectivity index (χ3v) is 6.29. The highest BCUT2D eigenvalue weighted by Crippen LogP contribution is 2.33. The lowest BCUT2D eigenvalue weighted by Gasteiger charge is -2.30. The van der Waals surface area contributed by atoms with Crippen molar-refractivity contribution in [3.8, 4) is 0 Å². The van der Waals surface area contributed by atoms with Crippen molar-refractivity contribution in [2.45, 2.75) is 76.3 Å². The van der Waals surface area contributed by atoms with Gasteiger partial charge >= 0.3 is 0 Å². The van der Waals surface area contributed by atoms with E-state index >= 15 is 0 Å². The summed E-state index contributed by atoms with van der Waals surface area (Å²) in [7, 11) is 0. The molecular formula is C21H33N3O. The van der Waals surface area contributed by atoms with E-state index in [4.69, 9.17) is 0 Å². The van der Waals surface area contributed by atoms with Gasteiger partial charge < -0.3 is 10.4 Å². The summed E-state index contributed by atoms with van der Waals surface area (Å²) in [6.45, 7) is 7.62. The molecule has 0 radical (unpaired) electrons. The summed E-state index contributed by atoms with van der Waals surface area (Å²) < 4.78 is 0. The number of benzene rings is 1. The fourth-order valence-electron chi connectivity index (χ4n) is 4.58. The topological polar surface area (TPSA) is 38.7 Å². The molecule has 1 aromatic carbocycles. The summed E-state index contributed by atoms with van der Waals surface area (Å²) in [5.74, 6) is 0. The molecule has 0 aromatic heterocycles. The highest BCUT2D eigenvalue weighted by molar-refractivity contribution is 5.27. The molecule has 4 nitrogen and oxygen atoms in total. The number of aliphatic hydroxyl groups excluding tert-OH is 1. The first-order valence-corrected chi connectivity index (χ1v) is 10.2. The molecule has 0 spiro atoms. The Morgan fingerprint density at radius 1 is 1.08 bits per heavy atom. The van der Waals surface area contributed by atoms with Crippen LogP contribution in [0.5, 0.6) is 0 Å². The quantitative estimate of drug-likeness (QED) is 0.832. The molecule has 4 heteroatoms. The Balaban J connectivity index is 1.31. The minimum Gasteiger partial charge on any atom is -0.393 e. The van der Waals surface area contributed by atoms with Gasteiger partial charge in [-0.2, -0.15) is 0 Å². The highest BCUT2D eigenvalue weighted by Gasteiger charge is 2.38. The summed E-state index contributed by atoms with van der Waals surface area (Å²) in [5, 5.41) is 13.5. The standard InChI is InChI=1S/C21H33N3O/c1-16-12-19(15-24(16)20-6-7-20)22-13-17-4-2-3-5-18(17)14-23-10-8-21(25)9-11-23/h2-5,16,19-22,25H,6-15H2,1H3. The molecule has 0 amide bonds. The Bertz CT molecular complexity index is 566. The average Bonchev–Trinajstić information content (AvgIpc) is 3.39. The fraction of sp³-hybridized carbons (Fsp3) is 0.714. The third kappa shape index (κ3) is 4.43. The zero-order valence-corrected chi connectivity index (χ0v) is 15.5. The lowest BCUT2D eigenvalue weighted by molar-refractivity contribution is 0.0791. The number of aliphatic hydroxyl groups is 1. The Kier molecular flexibility index (Phi) is 5.41. The van der Waals surface area contributed by atoms with E-state index in [0.717, 1.165) is 51.1 Å². The van der Waals surface area contributed by atoms with Gasteiger partial charge in [-0.3, -0.25) is 9.80 Å². The lowest BCUT2D eigenvalue weighted by Crippen LogP contribution is -2.36. The van der Waals surface area contributed by atoms with Crippen molar-refractivity contribution in [1.29, 1.82) is 0 Å². The molecule has 25 heavy (non-hydrogen) atoms. The van der Waals surface area contributed by atoms with Crippen molar-refractivity contribution < 1.29 is 5.11 Å². The summed E-state index contributed by atoms with van der Waals surface area (Å²) in [6, 6.07) is 11.1. The molecule has 2 saturated heterocycles. The van der Waals surface area contributed by atoms with Crippen molar-refractivity contribution >= 4 is 0 Å². The molecule has 138 valence electrons. The van der Waals surface area contributed by atoms with Gasteiger partial charge in [0.25, 0.3) is 0 Å². The van der Waals surface area contributed by atoms with Crippen molar-refractivity contribution in [2.24, 2.45) is 0 Å². The van der Waals surface area contributed by atoms with Gasteiger partial charge in [-0.1, -0.05) is 24.3 Å². The maximum Gasteiger partial charge on any atom is 0.0564 e. The minimum absolute atomic E-state index is 0.0908. The SMILES string of the molecule is CC1CC(NCc2ccccc2CN2CCC(O)CC2)CN1C1CC1. The van der Waals surface area contributed by atoms with Crippen LogP contribution in [0.1, 0.15) is 50.2 Å². The van der Waals surface area contributed by atoms with Crippen molar-refractivity contribution in [1.82, 2.24) is 15.1 Å². The molecule has 1 aromatic rings. The van der Waals surface area contributed by atoms with Gasteiger partial charge in [-0.05, 0) is 50.2 Å². The van der Waals surface area contributed by atoms with Crippen LogP contribution in [-0.2, 0) is 13.1 Å². The van der Waals surface area contributed by atoms with Crippen molar-refractivity contribution in [3.05, 3.63) is 35.4 Å². The van der Waals surface area contributed by atoms with Gasteiger partial charge in [0.05, 0.1) is 6.10 Å². The molecule has 3 aliphatic rings. The second-order valence-corrected chi connectivity index (χ2v) is 8.37. The van der Waals surface area contributed by atoms with E-state index in [1.54, 1.807) is 0 Å². The third-order valence-electron chi connectivity index (χ3n) is 6.29. The van der Waals surface area contributed by atoms with Crippen LogP contribution in [0, 0.1) is 0 Å². The fourth-order valence-corrected chi connectivity index (χ4v) is 4.58. The lowest BCUT2D eigenvalue weighted by atomic mass is 10.0. The molecule has 3 fully saturated rings. The predicted octanol–water partition coefficient (Wildman–Crippen LogP) is 2.36. The molecule has 4 rings (SSSR count). The van der Waals surface area contributed by atoms with Gasteiger partial charge in [0.1, 0.15) is 0 Å². The molecule has 2 aliphatic heterocycles. The van der Waals surface area contributed by atoms with Crippen LogP contribution in [0.3, 0.4) is 0 Å². The number of nitrogens with zero attached hydrogens (tertiary/aromatic N) is 2. The Hall–Kier alpha value is -0.940. The van der Waals surface area contributed by atoms with E-state index < -0.39 is 0 Å². The second kappa shape index (κ2) is 7.75. The van der Waals surface area contributed by atoms with E-state index in [1.165, 1.54) is 36.9 Å². The molecule has 2 unspecified atom stereocenters. The molecule has 1 aliphatic carbocycles. The zero-order valence-electron chi connectivity index (χ0n) is 15.5. The number of piperidine rings is 1. The Morgan fingerprint density at radius 3 is 2.52 bits per heavy atom. The van der Waals surface area contributed by atoms with Crippen LogP contribution in [0.25, 0.3) is 0 Å². The minimum atomic E-state index is -0.0908. The van der Waals surface area contributed by atoms with E-state index in [0.29, 0.717) is 6.04 Å². The number of hydrogen-bond acceptors (Lipinski definition) is 4. The van der Waals surface area contributed by atoms with Crippen LogP contribution in [0.15, 0.2) is 24.3 Å². The van der Waals surface area contributed by atoms with Crippen molar-refractivity contribution in [3.63, 3.8) is 0 Å². The molecule has 2 atom stereocenters. The predicted molar refractivity (Wildman–Crippen MR) is 101 cm³/mol. The first kappa shape index (κ1) is 17.5. The molecule has 1 saturated carbocycles. The first-order valence-electron chi connectivity index (χ1n) is 10.2. The van der Waals surface area contributed by atoms with E-state index in [-0.39, 0.29) is 6.10 Å². The van der Waals surface area contributed by atoms with Crippen LogP contribution >= 0.6 is 0 Å². The summed E-state index contributed by atoms with van der Waals surface area (Å²) >= 11 is 0. The highest BCUT2D eigenvalue weighted by atomic mass is 16.3. The second-order valence-electron chi connectivity index (χ2n) is 8.37. The summed E-state index contributed by atoms with van der Waals surface area (Å²) in [6.07, 6.45) is 5.83.